The molecular formula is C47H62N4O13. The maximum absolute atomic E-state index is 12.0. The van der Waals surface area contributed by atoms with Gasteiger partial charge >= 0.3 is 18.0 Å². The molecule has 0 aromatic heterocycles. The van der Waals surface area contributed by atoms with Gasteiger partial charge in [0, 0.05) is 25.7 Å². The first-order valence-corrected chi connectivity index (χ1v) is 20.8. The van der Waals surface area contributed by atoms with Gasteiger partial charge in [-0.1, -0.05) is 26.3 Å². The molecule has 0 radical (unpaired) electrons. The molecule has 64 heavy (non-hydrogen) atoms. The van der Waals surface area contributed by atoms with Gasteiger partial charge in [0.15, 0.2) is 23.1 Å². The first-order chi connectivity index (χ1) is 30.6. The molecular weight excluding hydrogens is 829 g/mol. The van der Waals surface area contributed by atoms with Gasteiger partial charge in [-0.3, -0.25) is 24.5 Å². The van der Waals surface area contributed by atoms with Gasteiger partial charge in [-0.2, -0.15) is 14.9 Å². The van der Waals surface area contributed by atoms with Crippen LogP contribution in [0, 0.1) is 0 Å². The zero-order chi connectivity index (χ0) is 46.9. The molecule has 0 aliphatic carbocycles. The molecule has 0 bridgehead atoms. The van der Waals surface area contributed by atoms with E-state index in [-0.39, 0.29) is 134 Å². The second kappa shape index (κ2) is 28.1. The summed E-state index contributed by atoms with van der Waals surface area (Å²) in [6.45, 7) is 24.3. The Labute approximate surface area is 375 Å². The maximum Gasteiger partial charge on any atom is 0.335 e. The normalized spacial score (nSPS) is 12.9. The summed E-state index contributed by atoms with van der Waals surface area (Å²) in [5.74, 6) is -0.464. The number of Topliss-reactive ketones (excluding diaryl/α,β-unsaturated/α-hetero) is 4. The molecule has 0 spiro atoms. The van der Waals surface area contributed by atoms with Crippen molar-refractivity contribution in [2.45, 2.75) is 66.3 Å². The number of hydrogen-bond acceptors (Lipinski definition) is 17. The molecule has 0 fully saturated rings. The summed E-state index contributed by atoms with van der Waals surface area (Å²) in [7, 11) is 0. The molecule has 1 aliphatic heterocycles. The molecule has 1 heterocycles. The Hall–Kier alpha value is -5.82. The highest BCUT2D eigenvalue weighted by Gasteiger charge is 2.43. The molecule has 1 aliphatic rings. The highest BCUT2D eigenvalue weighted by molar-refractivity contribution is 5.97. The van der Waals surface area contributed by atoms with Crippen molar-refractivity contribution >= 4 is 35.2 Å². The third-order valence-corrected chi connectivity index (χ3v) is 8.82. The summed E-state index contributed by atoms with van der Waals surface area (Å²) in [6, 6.07) is 13.3. The molecule has 0 saturated carbocycles. The first kappa shape index (κ1) is 52.5. The Kier molecular flexibility index (Phi) is 23.0. The number of benzene rings is 2. The standard InChI is InChI=1S/C47H62N4O13/c1-10-62-47(51(31-58-29-27-56-23-19-41(52)33(2)3)32-59-30-28-57-24-20-42(53)34(4)5)49-45(63-39-15-11-37(12-16-39)60-25-21-43(54)35(6)7)48-46(50-47)64-40-17-13-38(14-18-40)61-26-22-44(55)36(8)9/h11-18H,2,4,6,8,10,19-32H2,1,3,5,7,9H3,(H,48,49,50). The minimum Gasteiger partial charge on any atom is -0.493 e. The first-order valence-electron chi connectivity index (χ1n) is 20.8. The minimum atomic E-state index is -1.88. The lowest BCUT2D eigenvalue weighted by Gasteiger charge is -2.38. The zero-order valence-corrected chi connectivity index (χ0v) is 37.7. The number of nitrogens with one attached hydrogen (secondary N) is 1. The zero-order valence-electron chi connectivity index (χ0n) is 37.7. The van der Waals surface area contributed by atoms with E-state index in [0.29, 0.717) is 45.3 Å². The van der Waals surface area contributed by atoms with Crippen LogP contribution in [0.5, 0.6) is 23.0 Å². The number of ether oxygens (including phenoxy) is 9. The van der Waals surface area contributed by atoms with E-state index in [2.05, 4.69) is 31.6 Å². The number of amidine groups is 2. The van der Waals surface area contributed by atoms with Gasteiger partial charge in [0.2, 0.25) is 0 Å². The van der Waals surface area contributed by atoms with Crippen molar-refractivity contribution in [2.24, 2.45) is 9.98 Å². The van der Waals surface area contributed by atoms with Gasteiger partial charge < -0.3 is 42.6 Å². The molecule has 17 heteroatoms. The molecule has 0 saturated heterocycles. The number of rotatable bonds is 33. The van der Waals surface area contributed by atoms with E-state index in [1.165, 1.54) is 0 Å². The number of nitrogens with zero attached hydrogens (tertiary/aromatic N) is 3. The lowest BCUT2D eigenvalue weighted by Crippen LogP contribution is -2.57. The summed E-state index contributed by atoms with van der Waals surface area (Å²) in [5, 5.41) is 2.98. The van der Waals surface area contributed by atoms with E-state index in [1.807, 2.05) is 0 Å². The highest BCUT2D eigenvalue weighted by atomic mass is 16.6. The number of aliphatic imine (C=N–C) groups is 2. The van der Waals surface area contributed by atoms with E-state index < -0.39 is 5.97 Å². The second-order valence-corrected chi connectivity index (χ2v) is 14.5. The lowest BCUT2D eigenvalue weighted by atomic mass is 10.2. The highest BCUT2D eigenvalue weighted by Crippen LogP contribution is 2.27. The van der Waals surface area contributed by atoms with E-state index >= 15 is 0 Å². The number of ketones is 4. The fraction of sp³-hybridized carbons (Fsp3) is 0.447. The van der Waals surface area contributed by atoms with Gasteiger partial charge in [-0.15, -0.1) is 0 Å². The summed E-state index contributed by atoms with van der Waals surface area (Å²) in [4.78, 5) is 58.9. The summed E-state index contributed by atoms with van der Waals surface area (Å²) < 4.78 is 53.5. The van der Waals surface area contributed by atoms with Crippen LogP contribution in [0.2, 0.25) is 0 Å². The number of carbonyl (C=O) groups excluding carboxylic acids is 4. The molecule has 0 atom stereocenters. The Morgan fingerprint density at radius 2 is 0.844 bits per heavy atom. The van der Waals surface area contributed by atoms with E-state index in [0.717, 1.165) is 0 Å². The fourth-order valence-corrected chi connectivity index (χ4v) is 5.16. The van der Waals surface area contributed by atoms with Crippen molar-refractivity contribution in [2.75, 3.05) is 72.9 Å². The van der Waals surface area contributed by atoms with Gasteiger partial charge in [0.25, 0.3) is 0 Å². The van der Waals surface area contributed by atoms with Gasteiger partial charge in [-0.25, -0.2) is 0 Å². The van der Waals surface area contributed by atoms with Crippen molar-refractivity contribution in [3.8, 4) is 23.0 Å². The Morgan fingerprint density at radius 3 is 1.19 bits per heavy atom. The van der Waals surface area contributed by atoms with Crippen LogP contribution < -0.4 is 24.3 Å². The summed E-state index contributed by atoms with van der Waals surface area (Å²) in [6.07, 6.45) is 0.789. The Morgan fingerprint density at radius 1 is 0.516 bits per heavy atom. The monoisotopic (exact) mass is 890 g/mol. The average Bonchev–Trinajstić information content (AvgIpc) is 3.25. The quantitative estimate of drug-likeness (QED) is 0.0478. The van der Waals surface area contributed by atoms with Crippen LogP contribution >= 0.6 is 0 Å². The van der Waals surface area contributed by atoms with E-state index in [4.69, 9.17) is 52.6 Å². The van der Waals surface area contributed by atoms with Crippen LogP contribution in [0.25, 0.3) is 0 Å². The van der Waals surface area contributed by atoms with Gasteiger partial charge in [0.1, 0.15) is 36.5 Å². The van der Waals surface area contributed by atoms with Crippen LogP contribution in [-0.2, 0) is 42.9 Å². The third kappa shape index (κ3) is 19.3. The van der Waals surface area contributed by atoms with Gasteiger partial charge in [0.05, 0.1) is 59.5 Å². The van der Waals surface area contributed by atoms with Crippen LogP contribution in [0.3, 0.4) is 0 Å². The molecule has 0 amide bonds. The SMILES string of the molecule is C=C(C)C(=O)CCOCCOCN(COCCOCCC(=O)C(=C)C)C1(OCC)N=C(Oc2ccc(OCCC(=O)C(=C)C)cc2)NC(Oc2ccc(OCCC(=O)C(=C)C)cc2)=N1. The molecule has 348 valence electrons. The lowest BCUT2D eigenvalue weighted by molar-refractivity contribution is -0.210. The second-order valence-electron chi connectivity index (χ2n) is 14.5. The predicted molar refractivity (Wildman–Crippen MR) is 240 cm³/mol. The van der Waals surface area contributed by atoms with Crippen molar-refractivity contribution in [1.29, 1.82) is 0 Å². The van der Waals surface area contributed by atoms with Crippen LogP contribution in [0.1, 0.15) is 60.3 Å². The smallest absolute Gasteiger partial charge is 0.335 e. The Bertz CT molecular complexity index is 1840. The molecule has 17 nitrogen and oxygen atoms in total. The molecule has 2 aromatic rings. The number of hydrogen-bond donors (Lipinski definition) is 1. The largest absolute Gasteiger partial charge is 0.493 e. The minimum absolute atomic E-state index is 0.0673. The van der Waals surface area contributed by atoms with Crippen LogP contribution in [0.4, 0.5) is 0 Å². The van der Waals surface area contributed by atoms with Crippen molar-refractivity contribution in [3.05, 3.63) is 97.1 Å². The van der Waals surface area contributed by atoms with Crippen LogP contribution in [0.15, 0.2) is 107 Å². The van der Waals surface area contributed by atoms with Crippen molar-refractivity contribution < 1.29 is 61.8 Å². The topological polar surface area (TPSA) is 191 Å². The van der Waals surface area contributed by atoms with Crippen molar-refractivity contribution in [1.82, 2.24) is 10.2 Å². The molecule has 1 N–H and O–H groups in total. The fourth-order valence-electron chi connectivity index (χ4n) is 5.16. The Balaban J connectivity index is 1.88. The number of carbonyl (C=O) groups is 4. The van der Waals surface area contributed by atoms with Crippen LogP contribution in [-0.4, -0.2) is 119 Å². The third-order valence-electron chi connectivity index (χ3n) is 8.82. The predicted octanol–water partition coefficient (Wildman–Crippen LogP) is 6.29. The molecule has 2 aromatic carbocycles. The molecule has 3 rings (SSSR count). The van der Waals surface area contributed by atoms with E-state index in [1.54, 1.807) is 88.0 Å². The van der Waals surface area contributed by atoms with E-state index in [9.17, 15) is 19.2 Å². The maximum atomic E-state index is 12.0. The number of allylic oxidation sites excluding steroid dienone is 4. The summed E-state index contributed by atoms with van der Waals surface area (Å²) in [5.41, 5.74) is 1.85. The summed E-state index contributed by atoms with van der Waals surface area (Å²) >= 11 is 0. The average molecular weight is 891 g/mol. The van der Waals surface area contributed by atoms with Gasteiger partial charge in [-0.05, 0) is 105 Å². The van der Waals surface area contributed by atoms with Crippen molar-refractivity contribution in [3.63, 3.8) is 0 Å². The molecule has 0 unspecified atom stereocenters.